The summed E-state index contributed by atoms with van der Waals surface area (Å²) in [5.41, 5.74) is 6.09. The maximum absolute atomic E-state index is 11.1. The van der Waals surface area contributed by atoms with Crippen molar-refractivity contribution in [1.29, 1.82) is 0 Å². The van der Waals surface area contributed by atoms with E-state index in [1.807, 2.05) is 134 Å². The molecule has 0 unspecified atom stereocenters. The lowest BCUT2D eigenvalue weighted by molar-refractivity contribution is -0.140. The fourth-order valence-electron chi connectivity index (χ4n) is 6.27. The Labute approximate surface area is 366 Å². The Morgan fingerprint density at radius 2 is 0.774 bits per heavy atom. The number of hydrogen-bond donors (Lipinski definition) is 1. The van der Waals surface area contributed by atoms with Crippen LogP contribution in [0.3, 0.4) is 0 Å². The molecule has 0 radical (unpaired) electrons. The van der Waals surface area contributed by atoms with Crippen LogP contribution in [0.15, 0.2) is 146 Å². The highest BCUT2D eigenvalue weighted by molar-refractivity contribution is 5.65. The largest absolute Gasteiger partial charge is 0.466 e. The number of nitrogens with zero attached hydrogens (tertiary/aromatic N) is 10. The van der Waals surface area contributed by atoms with Crippen molar-refractivity contribution in [3.63, 3.8) is 0 Å². The first-order chi connectivity index (χ1) is 30.4. The molecule has 326 valence electrons. The fourth-order valence-corrected chi connectivity index (χ4v) is 6.27. The van der Waals surface area contributed by atoms with Gasteiger partial charge in [0.05, 0.1) is 53.9 Å². The van der Waals surface area contributed by atoms with Gasteiger partial charge in [-0.05, 0) is 79.7 Å². The Morgan fingerprint density at radius 1 is 0.484 bits per heavy atom. The number of aromatic nitrogens is 6. The SMILES string of the molecule is CCOC(C)=O.O=CCN(CCN(Cc1ccccn1)Cc1ccccn1)Cc1ccccn1.OCCN(CCN(Cc1ccccn1)Cc1ccccn1)Cc1ccccn1. The molecule has 0 aliphatic heterocycles. The van der Waals surface area contributed by atoms with E-state index in [9.17, 15) is 14.7 Å². The van der Waals surface area contributed by atoms with E-state index in [-0.39, 0.29) is 12.6 Å². The highest BCUT2D eigenvalue weighted by Crippen LogP contribution is 2.10. The van der Waals surface area contributed by atoms with Gasteiger partial charge in [0.25, 0.3) is 0 Å². The number of rotatable bonds is 23. The van der Waals surface area contributed by atoms with E-state index in [0.29, 0.717) is 26.2 Å². The molecule has 14 heteroatoms. The minimum atomic E-state index is -0.211. The third kappa shape index (κ3) is 20.9. The summed E-state index contributed by atoms with van der Waals surface area (Å²) in [5.74, 6) is -0.211. The van der Waals surface area contributed by atoms with Gasteiger partial charge in [-0.3, -0.25) is 54.3 Å². The van der Waals surface area contributed by atoms with Gasteiger partial charge in [-0.15, -0.1) is 0 Å². The normalized spacial score (nSPS) is 10.8. The molecular formula is C48H60N10O4. The molecule has 0 fully saturated rings. The van der Waals surface area contributed by atoms with Crippen LogP contribution in [0.2, 0.25) is 0 Å². The molecule has 0 aliphatic rings. The van der Waals surface area contributed by atoms with E-state index in [4.69, 9.17) is 0 Å². The Morgan fingerprint density at radius 3 is 1.02 bits per heavy atom. The van der Waals surface area contributed by atoms with E-state index in [0.717, 1.165) is 99.4 Å². The van der Waals surface area contributed by atoms with Crippen LogP contribution in [-0.2, 0) is 53.6 Å². The van der Waals surface area contributed by atoms with Gasteiger partial charge >= 0.3 is 5.97 Å². The van der Waals surface area contributed by atoms with Gasteiger partial charge in [0.1, 0.15) is 6.29 Å². The zero-order valence-electron chi connectivity index (χ0n) is 36.0. The summed E-state index contributed by atoms with van der Waals surface area (Å²) in [7, 11) is 0. The third-order valence-electron chi connectivity index (χ3n) is 9.23. The number of ether oxygens (including phenoxy) is 1. The van der Waals surface area contributed by atoms with E-state index < -0.39 is 0 Å². The molecule has 14 nitrogen and oxygen atoms in total. The van der Waals surface area contributed by atoms with Gasteiger partial charge in [-0.2, -0.15) is 0 Å². The van der Waals surface area contributed by atoms with Crippen molar-refractivity contribution < 1.29 is 19.4 Å². The summed E-state index contributed by atoms with van der Waals surface area (Å²) in [6.07, 6.45) is 11.8. The summed E-state index contributed by atoms with van der Waals surface area (Å²) in [6.45, 7) is 12.4. The van der Waals surface area contributed by atoms with Crippen LogP contribution in [0, 0.1) is 0 Å². The number of pyridine rings is 6. The Bertz CT molecular complexity index is 1940. The van der Waals surface area contributed by atoms with Gasteiger partial charge in [-0.25, -0.2) is 0 Å². The van der Waals surface area contributed by atoms with Crippen LogP contribution < -0.4 is 0 Å². The second kappa shape index (κ2) is 30.0. The minimum absolute atomic E-state index is 0.132. The first-order valence-electron chi connectivity index (χ1n) is 20.9. The van der Waals surface area contributed by atoms with Crippen molar-refractivity contribution in [3.8, 4) is 0 Å². The number of hydrogen-bond acceptors (Lipinski definition) is 14. The van der Waals surface area contributed by atoms with Crippen LogP contribution in [0.25, 0.3) is 0 Å². The maximum Gasteiger partial charge on any atom is 0.302 e. The molecule has 62 heavy (non-hydrogen) atoms. The van der Waals surface area contributed by atoms with E-state index in [2.05, 4.69) is 54.2 Å². The second-order valence-corrected chi connectivity index (χ2v) is 14.2. The molecule has 0 atom stereocenters. The summed E-state index contributed by atoms with van der Waals surface area (Å²) >= 11 is 0. The number of esters is 1. The predicted octanol–water partition coefficient (Wildman–Crippen LogP) is 5.51. The molecule has 0 saturated carbocycles. The van der Waals surface area contributed by atoms with Gasteiger partial charge in [-0.1, -0.05) is 36.4 Å². The molecule has 6 aromatic heterocycles. The quantitative estimate of drug-likeness (QED) is 0.0637. The van der Waals surface area contributed by atoms with Crippen molar-refractivity contribution >= 4 is 12.3 Å². The molecule has 6 rings (SSSR count). The van der Waals surface area contributed by atoms with Crippen LogP contribution in [-0.4, -0.2) is 119 Å². The number of aliphatic hydroxyl groups excluding tert-OH is 1. The molecule has 0 bridgehead atoms. The number of aliphatic hydroxyl groups is 1. The van der Waals surface area contributed by atoms with Gasteiger partial charge < -0.3 is 14.6 Å². The van der Waals surface area contributed by atoms with E-state index >= 15 is 0 Å². The number of carbonyl (C=O) groups is 2. The zero-order valence-corrected chi connectivity index (χ0v) is 36.0. The molecule has 6 heterocycles. The van der Waals surface area contributed by atoms with Gasteiger partial charge in [0, 0.05) is 116 Å². The monoisotopic (exact) mass is 840 g/mol. The number of carbonyl (C=O) groups excluding carboxylic acids is 2. The maximum atomic E-state index is 11.1. The van der Waals surface area contributed by atoms with Crippen molar-refractivity contribution in [1.82, 2.24) is 49.5 Å². The molecular weight excluding hydrogens is 781 g/mol. The predicted molar refractivity (Wildman–Crippen MR) is 240 cm³/mol. The highest BCUT2D eigenvalue weighted by atomic mass is 16.5. The summed E-state index contributed by atoms with van der Waals surface area (Å²) < 4.78 is 4.40. The Balaban J connectivity index is 0.000000241. The molecule has 0 saturated heterocycles. The molecule has 1 N–H and O–H groups in total. The van der Waals surface area contributed by atoms with Crippen molar-refractivity contribution in [2.75, 3.05) is 52.5 Å². The first kappa shape index (κ1) is 48.5. The smallest absolute Gasteiger partial charge is 0.302 e. The Kier molecular flexibility index (Phi) is 23.4. The molecule has 0 spiro atoms. The summed E-state index contributed by atoms with van der Waals surface area (Å²) in [4.78, 5) is 56.6. The first-order valence-corrected chi connectivity index (χ1v) is 20.9. The third-order valence-corrected chi connectivity index (χ3v) is 9.23. The van der Waals surface area contributed by atoms with E-state index in [1.165, 1.54) is 6.92 Å². The molecule has 0 aliphatic carbocycles. The van der Waals surface area contributed by atoms with Gasteiger partial charge in [0.2, 0.25) is 0 Å². The fraction of sp³-hybridized carbons (Fsp3) is 0.333. The molecule has 0 aromatic carbocycles. The standard InChI is InChI=1S/C22H27N5O.C22H25N5O.C4H8O2/c2*28-16-15-26(17-20-7-1-4-10-23-20)13-14-27(18-21-8-2-5-11-24-21)19-22-9-3-6-12-25-22;1-3-6-4(2)5/h1-12,28H,13-19H2;1-12,16H,13-15,17-19H2;3H2,1-2H3. The lowest BCUT2D eigenvalue weighted by Gasteiger charge is -2.27. The van der Waals surface area contributed by atoms with Crippen LogP contribution in [0.1, 0.15) is 48.0 Å². The number of aldehydes is 1. The lowest BCUT2D eigenvalue weighted by atomic mass is 10.2. The van der Waals surface area contributed by atoms with Gasteiger partial charge in [0.15, 0.2) is 0 Å². The summed E-state index contributed by atoms with van der Waals surface area (Å²) in [6, 6.07) is 35.7. The molecule has 6 aromatic rings. The second-order valence-electron chi connectivity index (χ2n) is 14.2. The molecule has 0 amide bonds. The topological polar surface area (TPSA) is 154 Å². The minimum Gasteiger partial charge on any atom is -0.466 e. The lowest BCUT2D eigenvalue weighted by Crippen LogP contribution is -2.36. The van der Waals surface area contributed by atoms with Crippen LogP contribution in [0.4, 0.5) is 0 Å². The van der Waals surface area contributed by atoms with Crippen LogP contribution >= 0.6 is 0 Å². The Hall–Kier alpha value is -6.16. The highest BCUT2D eigenvalue weighted by Gasteiger charge is 2.14. The zero-order chi connectivity index (χ0) is 43.9. The van der Waals surface area contributed by atoms with Crippen molar-refractivity contribution in [2.24, 2.45) is 0 Å². The average Bonchev–Trinajstić information content (AvgIpc) is 3.30. The van der Waals surface area contributed by atoms with Crippen molar-refractivity contribution in [2.45, 2.75) is 53.1 Å². The van der Waals surface area contributed by atoms with Crippen LogP contribution in [0.5, 0.6) is 0 Å². The average molecular weight is 841 g/mol. The van der Waals surface area contributed by atoms with Crippen molar-refractivity contribution in [3.05, 3.63) is 181 Å². The summed E-state index contributed by atoms with van der Waals surface area (Å²) in [5, 5.41) is 9.45. The van der Waals surface area contributed by atoms with E-state index in [1.54, 1.807) is 19.3 Å².